The minimum atomic E-state index is -4.48. The summed E-state index contributed by atoms with van der Waals surface area (Å²) in [6, 6.07) is 2.78. The molecule has 0 saturated carbocycles. The standard InChI is InChI=1S/C12H14BrF3N2O.ClH/c1-2-3-10(17)11(19)18-7-4-5-9(13)8(6-7)12(14,15)16;/h4-6,10H,2-3,17H2,1H3,(H,18,19);1H. The fraction of sp³-hybridized carbons (Fsp3) is 0.417. The normalized spacial score (nSPS) is 12.5. The SMILES string of the molecule is CCCC(N)C(=O)Nc1ccc(Br)c(C(F)(F)F)c1.Cl. The van der Waals surface area contributed by atoms with Crippen molar-refractivity contribution in [2.75, 3.05) is 5.32 Å². The first-order chi connectivity index (χ1) is 8.75. The van der Waals surface area contributed by atoms with Crippen LogP contribution in [0, 0.1) is 0 Å². The van der Waals surface area contributed by atoms with Gasteiger partial charge in [-0.3, -0.25) is 4.79 Å². The van der Waals surface area contributed by atoms with E-state index in [4.69, 9.17) is 5.73 Å². The molecular formula is C12H15BrClF3N2O. The number of anilines is 1. The highest BCUT2D eigenvalue weighted by Gasteiger charge is 2.33. The quantitative estimate of drug-likeness (QED) is 0.837. The first kappa shape index (κ1) is 19.2. The van der Waals surface area contributed by atoms with Gasteiger partial charge in [-0.25, -0.2) is 0 Å². The molecule has 0 aliphatic rings. The third-order valence-electron chi connectivity index (χ3n) is 2.48. The highest BCUT2D eigenvalue weighted by atomic mass is 79.9. The summed E-state index contributed by atoms with van der Waals surface area (Å²) in [5.41, 5.74) is 4.82. The van der Waals surface area contributed by atoms with Gasteiger partial charge >= 0.3 is 6.18 Å². The molecule has 3 nitrogen and oxygen atoms in total. The molecule has 0 radical (unpaired) electrons. The Kier molecular flexibility index (Phi) is 7.54. The molecule has 0 heterocycles. The number of amides is 1. The summed E-state index contributed by atoms with van der Waals surface area (Å²) >= 11 is 2.83. The molecule has 0 fully saturated rings. The van der Waals surface area contributed by atoms with Crippen LogP contribution in [0.5, 0.6) is 0 Å². The zero-order valence-corrected chi connectivity index (χ0v) is 13.0. The Morgan fingerprint density at radius 3 is 2.55 bits per heavy atom. The van der Waals surface area contributed by atoms with Crippen molar-refractivity contribution in [3.63, 3.8) is 0 Å². The second-order valence-corrected chi connectivity index (χ2v) is 4.93. The smallest absolute Gasteiger partial charge is 0.325 e. The molecule has 0 spiro atoms. The predicted molar refractivity (Wildman–Crippen MR) is 77.9 cm³/mol. The molecule has 0 bridgehead atoms. The molecule has 1 amide bonds. The number of carbonyl (C=O) groups excluding carboxylic acids is 1. The van der Waals surface area contributed by atoms with Crippen LogP contribution < -0.4 is 11.1 Å². The van der Waals surface area contributed by atoms with Gasteiger partial charge in [0.15, 0.2) is 0 Å². The van der Waals surface area contributed by atoms with Crippen molar-refractivity contribution in [2.45, 2.75) is 32.0 Å². The summed E-state index contributed by atoms with van der Waals surface area (Å²) in [4.78, 5) is 11.6. The van der Waals surface area contributed by atoms with E-state index in [2.05, 4.69) is 21.2 Å². The van der Waals surface area contributed by atoms with E-state index < -0.39 is 23.7 Å². The maximum Gasteiger partial charge on any atom is 0.417 e. The minimum Gasteiger partial charge on any atom is -0.325 e. The fourth-order valence-electron chi connectivity index (χ4n) is 1.50. The van der Waals surface area contributed by atoms with Gasteiger partial charge in [-0.15, -0.1) is 12.4 Å². The summed E-state index contributed by atoms with van der Waals surface area (Å²) in [5, 5.41) is 2.38. The third kappa shape index (κ3) is 5.30. The number of hydrogen-bond acceptors (Lipinski definition) is 2. The monoisotopic (exact) mass is 374 g/mol. The fourth-order valence-corrected chi connectivity index (χ4v) is 1.97. The first-order valence-electron chi connectivity index (χ1n) is 5.69. The number of rotatable bonds is 4. The minimum absolute atomic E-state index is 0. The number of carbonyl (C=O) groups is 1. The van der Waals surface area contributed by atoms with Crippen LogP contribution in [0.1, 0.15) is 25.3 Å². The zero-order valence-electron chi connectivity index (χ0n) is 10.6. The van der Waals surface area contributed by atoms with Crippen molar-refractivity contribution in [1.29, 1.82) is 0 Å². The van der Waals surface area contributed by atoms with Crippen LogP contribution >= 0.6 is 28.3 Å². The molecule has 0 aliphatic carbocycles. The van der Waals surface area contributed by atoms with Crippen LogP contribution in [-0.2, 0) is 11.0 Å². The van der Waals surface area contributed by atoms with E-state index in [1.54, 1.807) is 0 Å². The average molecular weight is 376 g/mol. The van der Waals surface area contributed by atoms with Gasteiger partial charge in [0.2, 0.25) is 5.91 Å². The van der Waals surface area contributed by atoms with Crippen molar-refractivity contribution in [1.82, 2.24) is 0 Å². The van der Waals surface area contributed by atoms with Crippen LogP contribution in [-0.4, -0.2) is 11.9 Å². The van der Waals surface area contributed by atoms with Crippen LogP contribution in [0.15, 0.2) is 22.7 Å². The zero-order chi connectivity index (χ0) is 14.6. The van der Waals surface area contributed by atoms with Gasteiger partial charge in [-0.05, 0) is 24.6 Å². The average Bonchev–Trinajstić information content (AvgIpc) is 2.30. The van der Waals surface area contributed by atoms with Crippen molar-refractivity contribution >= 4 is 39.9 Å². The molecule has 0 aliphatic heterocycles. The van der Waals surface area contributed by atoms with Crippen LogP contribution in [0.3, 0.4) is 0 Å². The van der Waals surface area contributed by atoms with E-state index >= 15 is 0 Å². The lowest BCUT2D eigenvalue weighted by Gasteiger charge is -2.14. The molecule has 3 N–H and O–H groups in total. The first-order valence-corrected chi connectivity index (χ1v) is 6.48. The largest absolute Gasteiger partial charge is 0.417 e. The van der Waals surface area contributed by atoms with Gasteiger partial charge in [0.1, 0.15) is 0 Å². The molecule has 1 aromatic rings. The summed E-state index contributed by atoms with van der Waals surface area (Å²) in [7, 11) is 0. The molecule has 1 aromatic carbocycles. The molecule has 1 unspecified atom stereocenters. The molecule has 1 rings (SSSR count). The van der Waals surface area contributed by atoms with Crippen molar-refractivity contribution in [2.24, 2.45) is 5.73 Å². The topological polar surface area (TPSA) is 55.1 Å². The lowest BCUT2D eigenvalue weighted by Crippen LogP contribution is -2.35. The molecule has 0 aromatic heterocycles. The Bertz CT molecular complexity index is 469. The van der Waals surface area contributed by atoms with Crippen LogP contribution in [0.2, 0.25) is 0 Å². The molecular weight excluding hydrogens is 360 g/mol. The van der Waals surface area contributed by atoms with Gasteiger partial charge in [-0.2, -0.15) is 13.2 Å². The maximum atomic E-state index is 12.7. The number of benzene rings is 1. The molecule has 1 atom stereocenters. The summed E-state index contributed by atoms with van der Waals surface area (Å²) in [6.45, 7) is 1.87. The third-order valence-corrected chi connectivity index (χ3v) is 3.17. The van der Waals surface area contributed by atoms with E-state index in [-0.39, 0.29) is 22.6 Å². The molecule has 114 valence electrons. The van der Waals surface area contributed by atoms with E-state index in [1.807, 2.05) is 6.92 Å². The number of nitrogens with one attached hydrogen (secondary N) is 1. The lowest BCUT2D eigenvalue weighted by molar-refractivity contribution is -0.138. The Morgan fingerprint density at radius 1 is 1.45 bits per heavy atom. The number of halogens is 5. The highest BCUT2D eigenvalue weighted by Crippen LogP contribution is 2.36. The number of alkyl halides is 3. The molecule has 0 saturated heterocycles. The van der Waals surface area contributed by atoms with E-state index in [9.17, 15) is 18.0 Å². The van der Waals surface area contributed by atoms with Crippen LogP contribution in [0.4, 0.5) is 18.9 Å². The predicted octanol–water partition coefficient (Wildman–Crippen LogP) is 3.96. The molecule has 20 heavy (non-hydrogen) atoms. The van der Waals surface area contributed by atoms with Gasteiger partial charge in [-0.1, -0.05) is 29.3 Å². The number of hydrogen-bond donors (Lipinski definition) is 2. The second kappa shape index (κ2) is 7.85. The van der Waals surface area contributed by atoms with Crippen LogP contribution in [0.25, 0.3) is 0 Å². The summed E-state index contributed by atoms with van der Waals surface area (Å²) in [5.74, 6) is -0.489. The Labute approximate surface area is 129 Å². The maximum absolute atomic E-state index is 12.7. The van der Waals surface area contributed by atoms with Gasteiger partial charge in [0.25, 0.3) is 0 Å². The number of nitrogens with two attached hydrogens (primary N) is 1. The second-order valence-electron chi connectivity index (χ2n) is 4.08. The molecule has 8 heteroatoms. The Morgan fingerprint density at radius 2 is 2.05 bits per heavy atom. The lowest BCUT2D eigenvalue weighted by atomic mass is 10.1. The van der Waals surface area contributed by atoms with E-state index in [1.165, 1.54) is 12.1 Å². The Hall–Kier alpha value is -0.790. The summed E-state index contributed by atoms with van der Waals surface area (Å²) < 4.78 is 38.0. The van der Waals surface area contributed by atoms with Crippen molar-refractivity contribution in [3.8, 4) is 0 Å². The summed E-state index contributed by atoms with van der Waals surface area (Å²) in [6.07, 6.45) is -3.28. The van der Waals surface area contributed by atoms with E-state index in [0.29, 0.717) is 6.42 Å². The Balaban J connectivity index is 0.00000361. The van der Waals surface area contributed by atoms with Gasteiger partial charge in [0, 0.05) is 10.2 Å². The van der Waals surface area contributed by atoms with E-state index in [0.717, 1.165) is 12.5 Å². The van der Waals surface area contributed by atoms with Gasteiger partial charge in [0.05, 0.1) is 11.6 Å². The highest BCUT2D eigenvalue weighted by molar-refractivity contribution is 9.10. The van der Waals surface area contributed by atoms with Crippen molar-refractivity contribution < 1.29 is 18.0 Å². The van der Waals surface area contributed by atoms with Crippen molar-refractivity contribution in [3.05, 3.63) is 28.2 Å². The van der Waals surface area contributed by atoms with Gasteiger partial charge < -0.3 is 11.1 Å².